The molecule has 3 rings (SSSR count). The van der Waals surface area contributed by atoms with E-state index in [-0.39, 0.29) is 17.7 Å². The Morgan fingerprint density at radius 2 is 1.93 bits per heavy atom. The SMILES string of the molecule is CC(C)c1cc(C(=O)N2CCCC(COc3ccccc3)C2)c(C(C)C)o1. The number of carbonyl (C=O) groups is 1. The molecule has 0 N–H and O–H groups in total. The van der Waals surface area contributed by atoms with Crippen molar-refractivity contribution in [2.24, 2.45) is 5.92 Å². The molecule has 0 bridgehead atoms. The van der Waals surface area contributed by atoms with Crippen LogP contribution in [0.15, 0.2) is 40.8 Å². The van der Waals surface area contributed by atoms with E-state index in [1.807, 2.05) is 41.3 Å². The highest BCUT2D eigenvalue weighted by atomic mass is 16.5. The molecular weight excluding hydrogens is 338 g/mol. The molecule has 2 heterocycles. The Balaban J connectivity index is 1.68. The van der Waals surface area contributed by atoms with Crippen LogP contribution in [0.1, 0.15) is 74.3 Å². The highest BCUT2D eigenvalue weighted by Gasteiger charge is 2.29. The Hall–Kier alpha value is -2.23. The number of carbonyl (C=O) groups excluding carboxylic acids is 1. The summed E-state index contributed by atoms with van der Waals surface area (Å²) in [5, 5.41) is 0. The fourth-order valence-corrected chi connectivity index (χ4v) is 3.59. The van der Waals surface area contributed by atoms with Crippen molar-refractivity contribution < 1.29 is 13.9 Å². The van der Waals surface area contributed by atoms with Crippen LogP contribution >= 0.6 is 0 Å². The molecule has 1 saturated heterocycles. The van der Waals surface area contributed by atoms with E-state index in [4.69, 9.17) is 9.15 Å². The van der Waals surface area contributed by atoms with Crippen molar-refractivity contribution in [3.8, 4) is 5.75 Å². The Morgan fingerprint density at radius 3 is 2.59 bits per heavy atom. The van der Waals surface area contributed by atoms with E-state index < -0.39 is 0 Å². The lowest BCUT2D eigenvalue weighted by atomic mass is 9.97. The van der Waals surface area contributed by atoms with E-state index in [1.165, 1.54) is 0 Å². The van der Waals surface area contributed by atoms with E-state index in [0.29, 0.717) is 12.5 Å². The number of benzene rings is 1. The fourth-order valence-electron chi connectivity index (χ4n) is 3.59. The highest BCUT2D eigenvalue weighted by molar-refractivity contribution is 5.95. The summed E-state index contributed by atoms with van der Waals surface area (Å²) in [6.07, 6.45) is 2.11. The molecule has 4 heteroatoms. The number of hydrogen-bond acceptors (Lipinski definition) is 3. The number of amides is 1. The maximum absolute atomic E-state index is 13.2. The molecule has 1 aromatic carbocycles. The molecular formula is C23H31NO3. The maximum Gasteiger partial charge on any atom is 0.257 e. The molecule has 1 aromatic heterocycles. The van der Waals surface area contributed by atoms with E-state index in [0.717, 1.165) is 48.8 Å². The topological polar surface area (TPSA) is 42.7 Å². The van der Waals surface area contributed by atoms with E-state index in [1.54, 1.807) is 0 Å². The lowest BCUT2D eigenvalue weighted by Crippen LogP contribution is -2.41. The van der Waals surface area contributed by atoms with Crippen LogP contribution in [0.4, 0.5) is 0 Å². The van der Waals surface area contributed by atoms with Gasteiger partial charge in [-0.2, -0.15) is 0 Å². The Morgan fingerprint density at radius 1 is 1.19 bits per heavy atom. The second-order valence-electron chi connectivity index (χ2n) is 8.12. The van der Waals surface area contributed by atoms with Gasteiger partial charge in [0.1, 0.15) is 17.3 Å². The number of piperidine rings is 1. The number of hydrogen-bond donors (Lipinski definition) is 0. The van der Waals surface area contributed by atoms with E-state index >= 15 is 0 Å². The van der Waals surface area contributed by atoms with Crippen LogP contribution in [0.2, 0.25) is 0 Å². The summed E-state index contributed by atoms with van der Waals surface area (Å²) in [7, 11) is 0. The van der Waals surface area contributed by atoms with Crippen LogP contribution in [0, 0.1) is 5.92 Å². The molecule has 0 radical (unpaired) electrons. The molecule has 146 valence electrons. The molecule has 1 amide bonds. The Labute approximate surface area is 162 Å². The van der Waals surface area contributed by atoms with Crippen LogP contribution in [0.25, 0.3) is 0 Å². The minimum Gasteiger partial charge on any atom is -0.493 e. The molecule has 27 heavy (non-hydrogen) atoms. The molecule has 0 spiro atoms. The van der Waals surface area contributed by atoms with Gasteiger partial charge in [-0.15, -0.1) is 0 Å². The van der Waals surface area contributed by atoms with Gasteiger partial charge in [0.25, 0.3) is 5.91 Å². The summed E-state index contributed by atoms with van der Waals surface area (Å²) >= 11 is 0. The summed E-state index contributed by atoms with van der Waals surface area (Å²) in [5.41, 5.74) is 0.735. The van der Waals surface area contributed by atoms with Crippen LogP contribution in [-0.2, 0) is 0 Å². The highest BCUT2D eigenvalue weighted by Crippen LogP contribution is 2.30. The van der Waals surface area contributed by atoms with Crippen LogP contribution in [0.3, 0.4) is 0 Å². The van der Waals surface area contributed by atoms with Gasteiger partial charge in [-0.1, -0.05) is 45.9 Å². The molecule has 1 unspecified atom stereocenters. The number of furan rings is 1. The Bertz CT molecular complexity index is 748. The van der Waals surface area contributed by atoms with Gasteiger partial charge in [0.05, 0.1) is 12.2 Å². The zero-order valence-corrected chi connectivity index (χ0v) is 16.9. The van der Waals surface area contributed by atoms with Gasteiger partial charge in [0, 0.05) is 30.8 Å². The molecule has 0 saturated carbocycles. The minimum absolute atomic E-state index is 0.0961. The van der Waals surface area contributed by atoms with E-state index in [2.05, 4.69) is 27.7 Å². The predicted octanol–water partition coefficient (Wildman–Crippen LogP) is 5.46. The maximum atomic E-state index is 13.2. The molecule has 1 atom stereocenters. The summed E-state index contributed by atoms with van der Waals surface area (Å²) in [5.74, 6) is 3.52. The predicted molar refractivity (Wildman–Crippen MR) is 107 cm³/mol. The van der Waals surface area contributed by atoms with Gasteiger partial charge >= 0.3 is 0 Å². The third-order valence-electron chi connectivity index (χ3n) is 5.14. The van der Waals surface area contributed by atoms with Crippen LogP contribution in [0.5, 0.6) is 5.75 Å². The van der Waals surface area contributed by atoms with Crippen molar-refractivity contribution >= 4 is 5.91 Å². The van der Waals surface area contributed by atoms with Crippen LogP contribution < -0.4 is 4.74 Å². The summed E-state index contributed by atoms with van der Waals surface area (Å²) in [6, 6.07) is 11.8. The van der Waals surface area contributed by atoms with Crippen LogP contribution in [-0.4, -0.2) is 30.5 Å². The lowest BCUT2D eigenvalue weighted by molar-refractivity contribution is 0.0630. The monoisotopic (exact) mass is 369 g/mol. The standard InChI is InChI=1S/C23H31NO3/c1-16(2)21-13-20(22(27-21)17(3)4)23(25)24-12-8-9-18(14-24)15-26-19-10-6-5-7-11-19/h5-7,10-11,13,16-18H,8-9,12,14-15H2,1-4H3. The van der Waals surface area contributed by atoms with Gasteiger partial charge in [-0.3, -0.25) is 4.79 Å². The zero-order chi connectivity index (χ0) is 19.4. The van der Waals surface area contributed by atoms with E-state index in [9.17, 15) is 4.79 Å². The first-order chi connectivity index (χ1) is 13.0. The third kappa shape index (κ3) is 4.74. The summed E-state index contributed by atoms with van der Waals surface area (Å²) in [4.78, 5) is 15.2. The number of para-hydroxylation sites is 1. The summed E-state index contributed by atoms with van der Waals surface area (Å²) in [6.45, 7) is 10.5. The number of likely N-dealkylation sites (tertiary alicyclic amines) is 1. The van der Waals surface area contributed by atoms with Gasteiger partial charge in [0.15, 0.2) is 0 Å². The molecule has 4 nitrogen and oxygen atoms in total. The van der Waals surface area contributed by atoms with Gasteiger partial charge < -0.3 is 14.1 Å². The van der Waals surface area contributed by atoms with Gasteiger partial charge in [0.2, 0.25) is 0 Å². The van der Waals surface area contributed by atoms with Crippen molar-refractivity contribution in [1.82, 2.24) is 4.90 Å². The minimum atomic E-state index is 0.0961. The molecule has 1 aliphatic heterocycles. The molecule has 1 fully saturated rings. The first-order valence-electron chi connectivity index (χ1n) is 10.1. The van der Waals surface area contributed by atoms with Crippen molar-refractivity contribution in [2.75, 3.05) is 19.7 Å². The molecule has 2 aromatic rings. The van der Waals surface area contributed by atoms with Gasteiger partial charge in [-0.05, 0) is 31.0 Å². The second kappa shape index (κ2) is 8.64. The van der Waals surface area contributed by atoms with Crippen molar-refractivity contribution in [1.29, 1.82) is 0 Å². The van der Waals surface area contributed by atoms with Gasteiger partial charge in [-0.25, -0.2) is 0 Å². The first kappa shape index (κ1) is 19.5. The largest absolute Gasteiger partial charge is 0.493 e. The summed E-state index contributed by atoms with van der Waals surface area (Å²) < 4.78 is 11.9. The smallest absolute Gasteiger partial charge is 0.257 e. The quantitative estimate of drug-likeness (QED) is 0.679. The number of rotatable bonds is 6. The van der Waals surface area contributed by atoms with Crippen molar-refractivity contribution in [3.05, 3.63) is 53.5 Å². The lowest BCUT2D eigenvalue weighted by Gasteiger charge is -2.32. The number of nitrogens with zero attached hydrogens (tertiary/aromatic N) is 1. The third-order valence-corrected chi connectivity index (χ3v) is 5.14. The fraction of sp³-hybridized carbons (Fsp3) is 0.522. The normalized spacial score (nSPS) is 17.6. The first-order valence-corrected chi connectivity index (χ1v) is 10.1. The molecule has 1 aliphatic rings. The zero-order valence-electron chi connectivity index (χ0n) is 16.9. The number of ether oxygens (including phenoxy) is 1. The Kier molecular flexibility index (Phi) is 6.25. The van der Waals surface area contributed by atoms with Crippen molar-refractivity contribution in [2.45, 2.75) is 52.4 Å². The molecule has 0 aliphatic carbocycles. The average molecular weight is 370 g/mol. The van der Waals surface area contributed by atoms with Crippen molar-refractivity contribution in [3.63, 3.8) is 0 Å². The average Bonchev–Trinajstić information content (AvgIpc) is 3.13. The second-order valence-corrected chi connectivity index (χ2v) is 8.12.